The number of nitrogens with zero attached hydrogens (tertiary/aromatic N) is 2. The van der Waals surface area contributed by atoms with E-state index >= 15 is 0 Å². The van der Waals surface area contributed by atoms with Gasteiger partial charge in [-0.3, -0.25) is 14.9 Å². The highest BCUT2D eigenvalue weighted by Gasteiger charge is 2.14. The van der Waals surface area contributed by atoms with Gasteiger partial charge in [0.1, 0.15) is 0 Å². The molecule has 0 saturated heterocycles. The molecule has 10 heteroatoms. The molecule has 2 aromatic rings. The van der Waals surface area contributed by atoms with Gasteiger partial charge in [-0.05, 0) is 19.1 Å². The molecular formula is C16H16N4O5S. The SMILES string of the molecule is Cc1ccc(S(=O)(=O)NCC(=O)NN=Cc2cccc([N+](=O)[O-])c2)cc1. The molecule has 0 radical (unpaired) electrons. The Kier molecular flexibility index (Phi) is 6.15. The molecule has 0 aliphatic carbocycles. The fourth-order valence-corrected chi connectivity index (χ4v) is 2.88. The number of nitrogens with one attached hydrogen (secondary N) is 2. The lowest BCUT2D eigenvalue weighted by atomic mass is 10.2. The highest BCUT2D eigenvalue weighted by atomic mass is 32.2. The minimum absolute atomic E-state index is 0.0518. The second kappa shape index (κ2) is 8.32. The van der Waals surface area contributed by atoms with Gasteiger partial charge in [-0.2, -0.15) is 5.10 Å². The van der Waals surface area contributed by atoms with Gasteiger partial charge in [-0.25, -0.2) is 18.6 Å². The van der Waals surface area contributed by atoms with E-state index in [1.165, 1.54) is 36.5 Å². The van der Waals surface area contributed by atoms with Crippen molar-refractivity contribution >= 4 is 27.8 Å². The third kappa shape index (κ3) is 5.46. The minimum atomic E-state index is -3.80. The molecule has 0 atom stereocenters. The van der Waals surface area contributed by atoms with E-state index in [1.54, 1.807) is 18.2 Å². The predicted molar refractivity (Wildman–Crippen MR) is 95.2 cm³/mol. The Hall–Kier alpha value is -3.11. The summed E-state index contributed by atoms with van der Waals surface area (Å²) in [5.74, 6) is -0.678. The molecule has 26 heavy (non-hydrogen) atoms. The van der Waals surface area contributed by atoms with Gasteiger partial charge in [0.15, 0.2) is 0 Å². The van der Waals surface area contributed by atoms with Crippen LogP contribution < -0.4 is 10.1 Å². The molecule has 0 aliphatic heterocycles. The molecular weight excluding hydrogens is 360 g/mol. The third-order valence-electron chi connectivity index (χ3n) is 3.24. The quantitative estimate of drug-likeness (QED) is 0.428. The second-order valence-electron chi connectivity index (χ2n) is 5.28. The smallest absolute Gasteiger partial charge is 0.270 e. The summed E-state index contributed by atoms with van der Waals surface area (Å²) in [5.41, 5.74) is 3.37. The van der Waals surface area contributed by atoms with Crippen molar-refractivity contribution in [2.75, 3.05) is 6.54 Å². The molecule has 0 saturated carbocycles. The summed E-state index contributed by atoms with van der Waals surface area (Å²) in [6.07, 6.45) is 1.22. The standard InChI is InChI=1S/C16H16N4O5S/c1-12-5-7-15(8-6-12)26(24,25)18-11-16(21)19-17-10-13-3-2-4-14(9-13)20(22)23/h2-10,18H,11H2,1H3,(H,19,21). The second-order valence-corrected chi connectivity index (χ2v) is 7.05. The average molecular weight is 376 g/mol. The van der Waals surface area contributed by atoms with E-state index in [9.17, 15) is 23.3 Å². The Morgan fingerprint density at radius 1 is 1.23 bits per heavy atom. The van der Waals surface area contributed by atoms with Gasteiger partial charge in [0.2, 0.25) is 10.0 Å². The van der Waals surface area contributed by atoms with Crippen LogP contribution >= 0.6 is 0 Å². The number of sulfonamides is 1. The molecule has 0 aromatic heterocycles. The number of nitro groups is 1. The van der Waals surface area contributed by atoms with E-state index in [-0.39, 0.29) is 10.6 Å². The number of carbonyl (C=O) groups is 1. The topological polar surface area (TPSA) is 131 Å². The molecule has 0 fully saturated rings. The molecule has 0 heterocycles. The zero-order chi connectivity index (χ0) is 19.2. The van der Waals surface area contributed by atoms with Gasteiger partial charge in [0.05, 0.1) is 22.6 Å². The number of benzene rings is 2. The zero-order valence-electron chi connectivity index (χ0n) is 13.7. The van der Waals surface area contributed by atoms with Crippen molar-refractivity contribution in [1.82, 2.24) is 10.1 Å². The van der Waals surface area contributed by atoms with Crippen LogP contribution in [0, 0.1) is 17.0 Å². The molecule has 136 valence electrons. The largest absolute Gasteiger partial charge is 0.272 e. The van der Waals surface area contributed by atoms with Crippen molar-refractivity contribution in [3.8, 4) is 0 Å². The number of non-ortho nitro benzene ring substituents is 1. The molecule has 0 spiro atoms. The maximum Gasteiger partial charge on any atom is 0.270 e. The molecule has 1 amide bonds. The predicted octanol–water partition coefficient (Wildman–Crippen LogP) is 1.33. The molecule has 0 unspecified atom stereocenters. The highest BCUT2D eigenvalue weighted by Crippen LogP contribution is 2.11. The number of carbonyl (C=O) groups excluding carboxylic acids is 1. The number of hydrazone groups is 1. The van der Waals surface area contributed by atoms with Crippen molar-refractivity contribution in [1.29, 1.82) is 0 Å². The molecule has 9 nitrogen and oxygen atoms in total. The first-order chi connectivity index (χ1) is 12.3. The van der Waals surface area contributed by atoms with Crippen molar-refractivity contribution in [2.45, 2.75) is 11.8 Å². The summed E-state index contributed by atoms with van der Waals surface area (Å²) >= 11 is 0. The number of hydrogen-bond donors (Lipinski definition) is 2. The highest BCUT2D eigenvalue weighted by molar-refractivity contribution is 7.89. The van der Waals surface area contributed by atoms with Crippen LogP contribution in [0.5, 0.6) is 0 Å². The maximum absolute atomic E-state index is 12.1. The Bertz CT molecular complexity index is 939. The molecule has 0 bridgehead atoms. The zero-order valence-corrected chi connectivity index (χ0v) is 14.6. The fraction of sp³-hybridized carbons (Fsp3) is 0.125. The Morgan fingerprint density at radius 3 is 2.58 bits per heavy atom. The molecule has 0 aliphatic rings. The first kappa shape index (κ1) is 19.2. The van der Waals surface area contributed by atoms with Crippen LogP contribution in [0.2, 0.25) is 0 Å². The van der Waals surface area contributed by atoms with Crippen molar-refractivity contribution in [2.24, 2.45) is 5.10 Å². The summed E-state index contributed by atoms with van der Waals surface area (Å²) in [7, 11) is -3.80. The number of nitro benzene ring substituents is 1. The van der Waals surface area contributed by atoms with E-state index in [4.69, 9.17) is 0 Å². The lowest BCUT2D eigenvalue weighted by molar-refractivity contribution is -0.384. The number of rotatable bonds is 7. The van der Waals surface area contributed by atoms with Gasteiger partial charge in [-0.15, -0.1) is 0 Å². The summed E-state index contributed by atoms with van der Waals surface area (Å²) in [6, 6.07) is 11.9. The van der Waals surface area contributed by atoms with E-state index in [0.717, 1.165) is 5.56 Å². The lowest BCUT2D eigenvalue weighted by Crippen LogP contribution is -2.34. The van der Waals surface area contributed by atoms with Crippen LogP contribution in [0.1, 0.15) is 11.1 Å². The van der Waals surface area contributed by atoms with Gasteiger partial charge < -0.3 is 0 Å². The van der Waals surface area contributed by atoms with Crippen molar-refractivity contribution < 1.29 is 18.1 Å². The van der Waals surface area contributed by atoms with Gasteiger partial charge >= 0.3 is 0 Å². The third-order valence-corrected chi connectivity index (χ3v) is 4.66. The van der Waals surface area contributed by atoms with Crippen LogP contribution in [-0.2, 0) is 14.8 Å². The first-order valence-corrected chi connectivity index (χ1v) is 8.89. The van der Waals surface area contributed by atoms with E-state index < -0.39 is 27.4 Å². The monoisotopic (exact) mass is 376 g/mol. The number of hydrogen-bond acceptors (Lipinski definition) is 6. The Labute approximate surface area is 149 Å². The van der Waals surface area contributed by atoms with E-state index in [1.807, 2.05) is 6.92 Å². The number of amides is 1. The molecule has 2 aromatic carbocycles. The van der Waals surface area contributed by atoms with Gasteiger partial charge in [0, 0.05) is 17.7 Å². The lowest BCUT2D eigenvalue weighted by Gasteiger charge is -2.06. The fourth-order valence-electron chi connectivity index (χ4n) is 1.90. The average Bonchev–Trinajstić information content (AvgIpc) is 2.61. The Morgan fingerprint density at radius 2 is 1.92 bits per heavy atom. The van der Waals surface area contributed by atoms with Gasteiger partial charge in [-0.1, -0.05) is 29.8 Å². The first-order valence-electron chi connectivity index (χ1n) is 7.40. The summed E-state index contributed by atoms with van der Waals surface area (Å²) in [4.78, 5) is 21.9. The van der Waals surface area contributed by atoms with E-state index in [2.05, 4.69) is 15.2 Å². The normalized spacial score (nSPS) is 11.4. The van der Waals surface area contributed by atoms with Crippen LogP contribution in [0.15, 0.2) is 58.5 Å². The summed E-state index contributed by atoms with van der Waals surface area (Å²) in [5, 5.41) is 14.3. The number of aryl methyl sites for hydroxylation is 1. The molecule has 2 rings (SSSR count). The summed E-state index contributed by atoms with van der Waals surface area (Å²) < 4.78 is 26.3. The van der Waals surface area contributed by atoms with Gasteiger partial charge in [0.25, 0.3) is 11.6 Å². The van der Waals surface area contributed by atoms with Crippen LogP contribution in [0.3, 0.4) is 0 Å². The van der Waals surface area contributed by atoms with Crippen LogP contribution in [0.25, 0.3) is 0 Å². The Balaban J connectivity index is 1.90. The molecule has 2 N–H and O–H groups in total. The maximum atomic E-state index is 12.1. The van der Waals surface area contributed by atoms with Crippen LogP contribution in [-0.4, -0.2) is 32.0 Å². The van der Waals surface area contributed by atoms with Crippen LogP contribution in [0.4, 0.5) is 5.69 Å². The van der Waals surface area contributed by atoms with E-state index in [0.29, 0.717) is 5.56 Å². The van der Waals surface area contributed by atoms with Crippen molar-refractivity contribution in [3.05, 3.63) is 69.8 Å². The summed E-state index contributed by atoms with van der Waals surface area (Å²) in [6.45, 7) is 1.33. The minimum Gasteiger partial charge on any atom is -0.272 e. The van der Waals surface area contributed by atoms with Crippen molar-refractivity contribution in [3.63, 3.8) is 0 Å².